The van der Waals surface area contributed by atoms with Crippen LogP contribution in [0.15, 0.2) is 101 Å². The topological polar surface area (TPSA) is 77.3 Å². The highest BCUT2D eigenvalue weighted by Crippen LogP contribution is 2.37. The second-order valence-electron chi connectivity index (χ2n) is 9.14. The van der Waals surface area contributed by atoms with Crippen LogP contribution in [0.4, 0.5) is 5.69 Å². The molecular weight excluding hydrogens is 484 g/mol. The van der Waals surface area contributed by atoms with Crippen molar-refractivity contribution in [3.8, 4) is 17.1 Å². The van der Waals surface area contributed by atoms with E-state index >= 15 is 0 Å². The molecular formula is C31H18N8. The molecule has 0 aliphatic carbocycles. The molecule has 7 heterocycles. The zero-order valence-corrected chi connectivity index (χ0v) is 20.4. The van der Waals surface area contributed by atoms with Crippen LogP contribution in [0, 0.1) is 0 Å². The van der Waals surface area contributed by atoms with Crippen molar-refractivity contribution in [2.75, 3.05) is 5.32 Å². The number of rotatable bonds is 3. The molecule has 5 aromatic rings. The van der Waals surface area contributed by atoms with Gasteiger partial charge in [-0.05, 0) is 24.3 Å². The largest absolute Gasteiger partial charge is 0.353 e. The molecule has 3 aliphatic rings. The second kappa shape index (κ2) is 8.32. The SMILES string of the molecule is C1=CN=Cc2c3c(n(-c4cc(-n5ccnc5)cc(-n5c6c(c7cnccc75)NC=C=C6)c4)c2C=1)C=C=CN=C3. The van der Waals surface area contributed by atoms with Gasteiger partial charge in [-0.1, -0.05) is 11.5 Å². The summed E-state index contributed by atoms with van der Waals surface area (Å²) in [4.78, 5) is 17.5. The van der Waals surface area contributed by atoms with Crippen molar-refractivity contribution >= 4 is 47.2 Å². The number of aliphatic imine (C=N–C) groups is 2. The quantitative estimate of drug-likeness (QED) is 0.323. The van der Waals surface area contributed by atoms with Crippen LogP contribution in [0.2, 0.25) is 0 Å². The monoisotopic (exact) mass is 502 g/mol. The van der Waals surface area contributed by atoms with Crippen LogP contribution in [0.1, 0.15) is 28.2 Å². The average Bonchev–Trinajstić information content (AvgIpc) is 3.58. The maximum absolute atomic E-state index is 4.40. The van der Waals surface area contributed by atoms with Crippen molar-refractivity contribution in [1.82, 2.24) is 23.7 Å². The second-order valence-corrected chi connectivity index (χ2v) is 9.14. The van der Waals surface area contributed by atoms with E-state index in [4.69, 9.17) is 0 Å². The fraction of sp³-hybridized carbons (Fsp3) is 0. The Morgan fingerprint density at radius 3 is 2.18 bits per heavy atom. The van der Waals surface area contributed by atoms with E-state index in [2.05, 4.69) is 69.8 Å². The summed E-state index contributed by atoms with van der Waals surface area (Å²) in [6, 6.07) is 8.53. The summed E-state index contributed by atoms with van der Waals surface area (Å²) in [6.45, 7) is 0. The Balaban J connectivity index is 1.48. The van der Waals surface area contributed by atoms with Gasteiger partial charge in [-0.15, -0.1) is 5.73 Å². The van der Waals surface area contributed by atoms with E-state index in [1.807, 2.05) is 72.4 Å². The van der Waals surface area contributed by atoms with Crippen LogP contribution in [-0.2, 0) is 0 Å². The van der Waals surface area contributed by atoms with E-state index in [-0.39, 0.29) is 0 Å². The van der Waals surface area contributed by atoms with Crippen molar-refractivity contribution in [1.29, 1.82) is 0 Å². The van der Waals surface area contributed by atoms with Crippen molar-refractivity contribution < 1.29 is 0 Å². The molecule has 0 spiro atoms. The number of hydrogen-bond donors (Lipinski definition) is 1. The van der Waals surface area contributed by atoms with Crippen LogP contribution in [0.5, 0.6) is 0 Å². The molecule has 0 unspecified atom stereocenters. The van der Waals surface area contributed by atoms with Gasteiger partial charge in [0.2, 0.25) is 0 Å². The van der Waals surface area contributed by atoms with Gasteiger partial charge in [-0.2, -0.15) is 0 Å². The van der Waals surface area contributed by atoms with Gasteiger partial charge in [0.15, 0.2) is 0 Å². The van der Waals surface area contributed by atoms with E-state index in [1.54, 1.807) is 18.6 Å². The van der Waals surface area contributed by atoms with Gasteiger partial charge >= 0.3 is 0 Å². The van der Waals surface area contributed by atoms with Crippen LogP contribution < -0.4 is 5.32 Å². The molecule has 8 heteroatoms. The minimum Gasteiger partial charge on any atom is -0.353 e. The third kappa shape index (κ3) is 3.22. The molecule has 0 fully saturated rings. The summed E-state index contributed by atoms with van der Waals surface area (Å²) in [5.74, 6) is 0. The summed E-state index contributed by atoms with van der Waals surface area (Å²) >= 11 is 0. The number of benzene rings is 1. The molecule has 3 aliphatic heterocycles. The summed E-state index contributed by atoms with van der Waals surface area (Å²) < 4.78 is 6.45. The maximum Gasteiger partial charge on any atom is 0.0991 e. The predicted octanol–water partition coefficient (Wildman–Crippen LogP) is 5.67. The van der Waals surface area contributed by atoms with Crippen LogP contribution >= 0.6 is 0 Å². The molecule has 0 bridgehead atoms. The first-order chi connectivity index (χ1) is 19.4. The minimum absolute atomic E-state index is 0.961. The maximum atomic E-state index is 4.40. The first-order valence-electron chi connectivity index (χ1n) is 12.3. The molecule has 0 atom stereocenters. The molecule has 0 saturated heterocycles. The summed E-state index contributed by atoms with van der Waals surface area (Å²) in [7, 11) is 0. The lowest BCUT2D eigenvalue weighted by molar-refractivity contribution is 0.997. The number of aromatic nitrogens is 5. The van der Waals surface area contributed by atoms with Crippen molar-refractivity contribution in [3.05, 3.63) is 119 Å². The van der Waals surface area contributed by atoms with Crippen LogP contribution in [0.3, 0.4) is 0 Å². The van der Waals surface area contributed by atoms with Gasteiger partial charge in [0.1, 0.15) is 0 Å². The first kappa shape index (κ1) is 21.2. The van der Waals surface area contributed by atoms with Crippen LogP contribution in [-0.4, -0.2) is 36.1 Å². The lowest BCUT2D eigenvalue weighted by Crippen LogP contribution is -2.06. The fourth-order valence-corrected chi connectivity index (χ4v) is 5.38. The zero-order valence-electron chi connectivity index (χ0n) is 20.4. The highest BCUT2D eigenvalue weighted by atomic mass is 15.1. The Morgan fingerprint density at radius 1 is 0.718 bits per heavy atom. The number of fused-ring (bicyclic) bond motifs is 6. The van der Waals surface area contributed by atoms with E-state index in [1.165, 1.54) is 0 Å². The molecule has 8 rings (SSSR count). The summed E-state index contributed by atoms with van der Waals surface area (Å²) in [5.41, 5.74) is 19.4. The molecule has 39 heavy (non-hydrogen) atoms. The number of nitrogens with zero attached hydrogens (tertiary/aromatic N) is 7. The fourth-order valence-electron chi connectivity index (χ4n) is 5.38. The highest BCUT2D eigenvalue weighted by Gasteiger charge is 2.23. The normalized spacial score (nSPS) is 13.8. The first-order valence-corrected chi connectivity index (χ1v) is 12.3. The Labute approximate surface area is 222 Å². The Morgan fingerprint density at radius 2 is 1.44 bits per heavy atom. The molecule has 182 valence electrons. The molecule has 1 N–H and O–H groups in total. The van der Waals surface area contributed by atoms with Gasteiger partial charge in [0.05, 0.1) is 64.1 Å². The highest BCUT2D eigenvalue weighted by molar-refractivity contribution is 6.02. The van der Waals surface area contributed by atoms with Crippen molar-refractivity contribution in [3.63, 3.8) is 0 Å². The lowest BCUT2D eigenvalue weighted by atomic mass is 10.1. The molecule has 0 radical (unpaired) electrons. The summed E-state index contributed by atoms with van der Waals surface area (Å²) in [6.07, 6.45) is 24.0. The Hall–Kier alpha value is -5.90. The van der Waals surface area contributed by atoms with Gasteiger partial charge < -0.3 is 19.0 Å². The van der Waals surface area contributed by atoms with E-state index in [0.717, 1.165) is 61.9 Å². The lowest BCUT2D eigenvalue weighted by Gasteiger charge is -2.17. The molecule has 0 amide bonds. The number of nitrogens with one attached hydrogen (secondary N) is 1. The Bertz CT molecular complexity index is 2040. The number of pyridine rings is 1. The Kier molecular flexibility index (Phi) is 4.52. The van der Waals surface area contributed by atoms with E-state index < -0.39 is 0 Å². The van der Waals surface area contributed by atoms with Crippen molar-refractivity contribution in [2.24, 2.45) is 9.98 Å². The van der Waals surface area contributed by atoms with Gasteiger partial charge in [0.25, 0.3) is 0 Å². The van der Waals surface area contributed by atoms with Crippen LogP contribution in [0.25, 0.3) is 46.2 Å². The third-order valence-corrected chi connectivity index (χ3v) is 7.00. The molecule has 0 saturated carbocycles. The van der Waals surface area contributed by atoms with Gasteiger partial charge in [0, 0.05) is 78.2 Å². The van der Waals surface area contributed by atoms with Crippen molar-refractivity contribution in [2.45, 2.75) is 0 Å². The van der Waals surface area contributed by atoms with Gasteiger partial charge in [-0.25, -0.2) is 4.98 Å². The van der Waals surface area contributed by atoms with E-state index in [9.17, 15) is 0 Å². The summed E-state index contributed by atoms with van der Waals surface area (Å²) in [5, 5.41) is 4.40. The zero-order chi connectivity index (χ0) is 25.8. The molecule has 4 aromatic heterocycles. The minimum atomic E-state index is 0.961. The number of imidazole rings is 1. The van der Waals surface area contributed by atoms with Gasteiger partial charge in [-0.3, -0.25) is 15.0 Å². The van der Waals surface area contributed by atoms with E-state index in [0.29, 0.717) is 0 Å². The predicted molar refractivity (Wildman–Crippen MR) is 154 cm³/mol. The number of hydrogen-bond acceptors (Lipinski definition) is 5. The standard InChI is InChI=1S/C31H18N8/c1-4-27-24(17-32-8-1)25-18-33-9-2-5-28(25)38(27)22-14-21(37-13-12-35-20-37)15-23(16-22)39-29-7-11-34-19-26(29)31-30(39)6-3-10-36-31/h4-20,36H. The average molecular weight is 503 g/mol. The molecule has 1 aromatic carbocycles. The number of anilines is 1. The smallest absolute Gasteiger partial charge is 0.0991 e. The third-order valence-electron chi connectivity index (χ3n) is 7.00. The molecule has 8 nitrogen and oxygen atoms in total.